The van der Waals surface area contributed by atoms with Gasteiger partial charge in [0.2, 0.25) is 5.75 Å². The molecule has 2 aromatic rings. The van der Waals surface area contributed by atoms with Gasteiger partial charge in [0.1, 0.15) is 0 Å². The van der Waals surface area contributed by atoms with Crippen LogP contribution in [0.25, 0.3) is 0 Å². The van der Waals surface area contributed by atoms with Crippen molar-refractivity contribution >= 4 is 17.1 Å². The Balaban J connectivity index is 1.63. The highest BCUT2D eigenvalue weighted by atomic mass is 19.3. The summed E-state index contributed by atoms with van der Waals surface area (Å²) in [5.41, 5.74) is 0.537. The minimum Gasteiger partial charge on any atom is -0.427 e. The van der Waals surface area contributed by atoms with E-state index in [0.717, 1.165) is 32.2 Å². The molecule has 0 unspecified atom stereocenters. The molecule has 8 nitrogen and oxygen atoms in total. The monoisotopic (exact) mass is 381 g/mol. The van der Waals surface area contributed by atoms with E-state index >= 15 is 0 Å². The molecule has 27 heavy (non-hydrogen) atoms. The number of alkyl halides is 2. The first kappa shape index (κ1) is 19.0. The van der Waals surface area contributed by atoms with Crippen LogP contribution < -0.4 is 10.1 Å². The minimum absolute atomic E-state index is 0.395. The highest BCUT2D eigenvalue weighted by Crippen LogP contribution is 2.32. The molecule has 0 amide bonds. The number of aromatic nitrogens is 2. The van der Waals surface area contributed by atoms with Gasteiger partial charge in [-0.25, -0.2) is 0 Å². The van der Waals surface area contributed by atoms with E-state index in [9.17, 15) is 18.9 Å². The van der Waals surface area contributed by atoms with E-state index in [-0.39, 0.29) is 0 Å². The van der Waals surface area contributed by atoms with E-state index in [2.05, 4.69) is 20.1 Å². The standard InChI is InChI=1S/C17H21F2N5O3/c18-17(19)27-16-10-13(4-5-15(16)24(25)26)21-14-11-20-23(12-14)9-8-22-6-2-1-3-7-22/h4-5,10-12,17,21H,1-3,6-9H2. The number of nitrogens with zero attached hydrogens (tertiary/aromatic N) is 4. The Labute approximate surface area is 154 Å². The molecule has 1 aliphatic rings. The number of benzene rings is 1. The van der Waals surface area contributed by atoms with E-state index in [0.29, 0.717) is 11.4 Å². The summed E-state index contributed by atoms with van der Waals surface area (Å²) in [7, 11) is 0. The maximum absolute atomic E-state index is 12.5. The van der Waals surface area contributed by atoms with Gasteiger partial charge in [-0.05, 0) is 32.0 Å². The lowest BCUT2D eigenvalue weighted by Crippen LogP contribution is -2.32. The number of halogens is 2. The van der Waals surface area contributed by atoms with Crippen LogP contribution in [0.2, 0.25) is 0 Å². The first-order valence-corrected chi connectivity index (χ1v) is 8.76. The lowest BCUT2D eigenvalue weighted by molar-refractivity contribution is -0.386. The van der Waals surface area contributed by atoms with Gasteiger partial charge in [0, 0.05) is 30.6 Å². The van der Waals surface area contributed by atoms with Crippen LogP contribution in [-0.2, 0) is 6.54 Å². The van der Waals surface area contributed by atoms with Crippen molar-refractivity contribution in [2.45, 2.75) is 32.4 Å². The normalized spacial score (nSPS) is 15.1. The zero-order valence-corrected chi connectivity index (χ0v) is 14.7. The number of hydrogen-bond donors (Lipinski definition) is 1. The average molecular weight is 381 g/mol. The van der Waals surface area contributed by atoms with Crippen LogP contribution in [0.4, 0.5) is 25.8 Å². The van der Waals surface area contributed by atoms with Gasteiger partial charge in [-0.3, -0.25) is 14.8 Å². The van der Waals surface area contributed by atoms with Crippen LogP contribution in [-0.4, -0.2) is 45.8 Å². The Bertz CT molecular complexity index is 778. The molecule has 0 spiro atoms. The fraction of sp³-hybridized carbons (Fsp3) is 0.471. The molecule has 0 radical (unpaired) electrons. The molecule has 0 aliphatic carbocycles. The lowest BCUT2D eigenvalue weighted by atomic mass is 10.1. The number of hydrogen-bond acceptors (Lipinski definition) is 6. The summed E-state index contributed by atoms with van der Waals surface area (Å²) in [5, 5.41) is 18.2. The van der Waals surface area contributed by atoms with Crippen LogP contribution in [0.3, 0.4) is 0 Å². The van der Waals surface area contributed by atoms with E-state index in [1.165, 1.54) is 31.4 Å². The topological polar surface area (TPSA) is 85.5 Å². The van der Waals surface area contributed by atoms with Crippen molar-refractivity contribution in [3.63, 3.8) is 0 Å². The number of anilines is 2. The van der Waals surface area contributed by atoms with Crippen molar-refractivity contribution in [1.29, 1.82) is 0 Å². The Morgan fingerprint density at radius 1 is 1.22 bits per heavy atom. The van der Waals surface area contributed by atoms with Crippen LogP contribution in [0.1, 0.15) is 19.3 Å². The third-order valence-corrected chi connectivity index (χ3v) is 4.39. The number of nitro groups is 1. The second-order valence-electron chi connectivity index (χ2n) is 6.34. The first-order chi connectivity index (χ1) is 13.0. The number of nitro benzene ring substituents is 1. The summed E-state index contributed by atoms with van der Waals surface area (Å²) in [6.45, 7) is 0.758. The molecule has 0 bridgehead atoms. The maximum Gasteiger partial charge on any atom is 0.387 e. The molecule has 146 valence electrons. The average Bonchev–Trinajstić information content (AvgIpc) is 3.07. The first-order valence-electron chi connectivity index (χ1n) is 8.76. The fourth-order valence-electron chi connectivity index (χ4n) is 3.08. The van der Waals surface area contributed by atoms with Crippen molar-refractivity contribution in [1.82, 2.24) is 14.7 Å². The SMILES string of the molecule is O=[N+]([O-])c1ccc(Nc2cnn(CCN3CCCCC3)c2)cc1OC(F)F. The van der Waals surface area contributed by atoms with Crippen molar-refractivity contribution in [3.8, 4) is 5.75 Å². The highest BCUT2D eigenvalue weighted by Gasteiger charge is 2.19. The maximum atomic E-state index is 12.5. The molecule has 3 rings (SSSR count). The molecule has 1 aromatic carbocycles. The molecule has 1 aliphatic heterocycles. The summed E-state index contributed by atoms with van der Waals surface area (Å²) < 4.78 is 31.0. The quantitative estimate of drug-likeness (QED) is 0.555. The number of likely N-dealkylation sites (tertiary alicyclic amines) is 1. The smallest absolute Gasteiger partial charge is 0.387 e. The second-order valence-corrected chi connectivity index (χ2v) is 6.34. The molecular weight excluding hydrogens is 360 g/mol. The lowest BCUT2D eigenvalue weighted by Gasteiger charge is -2.26. The molecule has 0 saturated carbocycles. The summed E-state index contributed by atoms with van der Waals surface area (Å²) >= 11 is 0. The fourth-order valence-corrected chi connectivity index (χ4v) is 3.08. The molecule has 1 fully saturated rings. The highest BCUT2D eigenvalue weighted by molar-refractivity contribution is 5.64. The summed E-state index contributed by atoms with van der Waals surface area (Å²) in [5.74, 6) is -0.488. The number of rotatable bonds is 8. The van der Waals surface area contributed by atoms with Gasteiger partial charge in [0.05, 0.1) is 23.4 Å². The van der Waals surface area contributed by atoms with Gasteiger partial charge in [-0.1, -0.05) is 6.42 Å². The molecule has 1 aromatic heterocycles. The summed E-state index contributed by atoms with van der Waals surface area (Å²) in [6.07, 6.45) is 7.17. The van der Waals surface area contributed by atoms with Gasteiger partial charge >= 0.3 is 12.3 Å². The van der Waals surface area contributed by atoms with Gasteiger partial charge in [-0.2, -0.15) is 13.9 Å². The predicted molar refractivity (Wildman–Crippen MR) is 95.5 cm³/mol. The van der Waals surface area contributed by atoms with Gasteiger partial charge in [0.15, 0.2) is 0 Å². The van der Waals surface area contributed by atoms with Crippen molar-refractivity contribution in [2.24, 2.45) is 0 Å². The van der Waals surface area contributed by atoms with E-state index in [1.54, 1.807) is 17.1 Å². The Morgan fingerprint density at radius 3 is 2.70 bits per heavy atom. The molecule has 10 heteroatoms. The molecule has 1 saturated heterocycles. The third-order valence-electron chi connectivity index (χ3n) is 4.39. The predicted octanol–water partition coefficient (Wildman–Crippen LogP) is 3.62. The number of ether oxygens (including phenoxy) is 1. The summed E-state index contributed by atoms with van der Waals surface area (Å²) in [6, 6.07) is 3.73. The van der Waals surface area contributed by atoms with E-state index < -0.39 is 23.0 Å². The molecule has 2 heterocycles. The van der Waals surface area contributed by atoms with Crippen molar-refractivity contribution < 1.29 is 18.4 Å². The Kier molecular flexibility index (Phi) is 6.17. The number of piperidine rings is 1. The van der Waals surface area contributed by atoms with Crippen LogP contribution in [0.5, 0.6) is 5.75 Å². The summed E-state index contributed by atoms with van der Waals surface area (Å²) in [4.78, 5) is 12.6. The van der Waals surface area contributed by atoms with Gasteiger partial charge in [0.25, 0.3) is 0 Å². The minimum atomic E-state index is -3.14. The van der Waals surface area contributed by atoms with Crippen LogP contribution in [0, 0.1) is 10.1 Å². The third kappa shape index (κ3) is 5.36. The van der Waals surface area contributed by atoms with Crippen molar-refractivity contribution in [3.05, 3.63) is 40.7 Å². The van der Waals surface area contributed by atoms with E-state index in [4.69, 9.17) is 0 Å². The van der Waals surface area contributed by atoms with Gasteiger partial charge in [-0.15, -0.1) is 0 Å². The van der Waals surface area contributed by atoms with Crippen LogP contribution >= 0.6 is 0 Å². The van der Waals surface area contributed by atoms with Crippen molar-refractivity contribution in [2.75, 3.05) is 25.0 Å². The number of nitrogens with one attached hydrogen (secondary N) is 1. The molecule has 0 atom stereocenters. The molecular formula is C17H21F2N5O3. The largest absolute Gasteiger partial charge is 0.427 e. The second kappa shape index (κ2) is 8.76. The van der Waals surface area contributed by atoms with Gasteiger partial charge < -0.3 is 15.0 Å². The molecule has 1 N–H and O–H groups in total. The Morgan fingerprint density at radius 2 is 2.00 bits per heavy atom. The zero-order valence-electron chi connectivity index (χ0n) is 14.7. The van der Waals surface area contributed by atoms with E-state index in [1.807, 2.05) is 0 Å². The zero-order chi connectivity index (χ0) is 19.2. The Hall–Kier alpha value is -2.75. The van der Waals surface area contributed by atoms with Crippen LogP contribution in [0.15, 0.2) is 30.6 Å².